The third kappa shape index (κ3) is 7.62. The molecule has 0 spiro atoms. The zero-order valence-corrected chi connectivity index (χ0v) is 31.2. The molecule has 7 aromatic rings. The van der Waals surface area contributed by atoms with Crippen LogP contribution in [0.2, 0.25) is 19.6 Å². The first kappa shape index (κ1) is 33.6. The molecule has 0 saturated heterocycles. The molecule has 0 N–H and O–H groups in total. The summed E-state index contributed by atoms with van der Waals surface area (Å²) >= 11 is 1.84. The zero-order valence-electron chi connectivity index (χ0n) is 27.0. The van der Waals surface area contributed by atoms with E-state index in [-0.39, 0.29) is 20.1 Å². The van der Waals surface area contributed by atoms with Crippen molar-refractivity contribution < 1.29 is 20.1 Å². The molecular weight excluding hydrogens is 773 g/mol. The van der Waals surface area contributed by atoms with E-state index in [1.807, 2.05) is 48.0 Å². The molecule has 0 aliphatic rings. The number of pyridine rings is 2. The van der Waals surface area contributed by atoms with Crippen molar-refractivity contribution in [2.45, 2.75) is 39.9 Å². The maximum atomic E-state index is 4.72. The van der Waals surface area contributed by atoms with Crippen LogP contribution in [0, 0.1) is 18.1 Å². The van der Waals surface area contributed by atoms with E-state index in [0.717, 1.165) is 28.9 Å². The maximum Gasteiger partial charge on any atom is 0.0795 e. The van der Waals surface area contributed by atoms with Gasteiger partial charge in [0.15, 0.2) is 0 Å². The Hall–Kier alpha value is -3.73. The van der Waals surface area contributed by atoms with E-state index in [1.54, 1.807) is 0 Å². The molecule has 3 aromatic heterocycles. The minimum atomic E-state index is -1.23. The number of hydrogen-bond donors (Lipinski definition) is 0. The molecule has 0 saturated carbocycles. The molecule has 5 heteroatoms. The molecule has 4 aromatic carbocycles. The number of fused-ring (bicyclic) bond motifs is 3. The fourth-order valence-electron chi connectivity index (χ4n) is 5.57. The summed E-state index contributed by atoms with van der Waals surface area (Å²) in [6.07, 6.45) is 5.01. The minimum Gasteiger partial charge on any atom is -0.305 e. The van der Waals surface area contributed by atoms with Gasteiger partial charge in [-0.3, -0.25) is 0 Å². The van der Waals surface area contributed by atoms with Gasteiger partial charge >= 0.3 is 0 Å². The Morgan fingerprint density at radius 1 is 0.783 bits per heavy atom. The van der Waals surface area contributed by atoms with Crippen LogP contribution in [-0.2, 0) is 26.5 Å². The number of hydrogen-bond acceptors (Lipinski definition) is 3. The summed E-state index contributed by atoms with van der Waals surface area (Å²) in [5.74, 6) is 0.624. The first-order valence-corrected chi connectivity index (χ1v) is 19.9. The Kier molecular flexibility index (Phi) is 10.8. The molecule has 2 nitrogen and oxygen atoms in total. The average molecular weight is 811 g/mol. The van der Waals surface area contributed by atoms with E-state index < -0.39 is 8.07 Å². The van der Waals surface area contributed by atoms with Gasteiger partial charge in [-0.25, -0.2) is 0 Å². The van der Waals surface area contributed by atoms with Gasteiger partial charge in [-0.2, -0.15) is 11.3 Å². The molecule has 233 valence electrons. The van der Waals surface area contributed by atoms with E-state index >= 15 is 0 Å². The van der Waals surface area contributed by atoms with E-state index in [9.17, 15) is 0 Å². The summed E-state index contributed by atoms with van der Waals surface area (Å²) in [4.78, 5) is 9.23. The molecule has 0 unspecified atom stereocenters. The maximum absolute atomic E-state index is 4.72. The van der Waals surface area contributed by atoms with E-state index in [1.165, 1.54) is 42.0 Å². The molecule has 0 aliphatic heterocycles. The first-order chi connectivity index (χ1) is 21.8. The quantitative estimate of drug-likeness (QED) is 0.124. The Bertz CT molecular complexity index is 2030. The molecular formula is C41H38IrN2SSi-2. The van der Waals surface area contributed by atoms with Crippen molar-refractivity contribution in [2.75, 3.05) is 0 Å². The SMILES string of the molecule is CC(C)Cc1ccnc(-c2[c-]cc(-c3ccccc3)c3c2sc2ccccc23)c1.C[Si](C)(C)c1ccc(-c2[c-]cccc2)nc1.[Ir]. The van der Waals surface area contributed by atoms with Crippen LogP contribution in [0.4, 0.5) is 0 Å². The van der Waals surface area contributed by atoms with Gasteiger partial charge in [0, 0.05) is 37.2 Å². The molecule has 0 aliphatic carbocycles. The summed E-state index contributed by atoms with van der Waals surface area (Å²) in [6.45, 7) is 11.5. The van der Waals surface area contributed by atoms with Crippen molar-refractivity contribution in [1.29, 1.82) is 0 Å². The fourth-order valence-corrected chi connectivity index (χ4v) is 7.83. The molecule has 46 heavy (non-hydrogen) atoms. The van der Waals surface area contributed by atoms with Crippen molar-refractivity contribution >= 4 is 44.8 Å². The largest absolute Gasteiger partial charge is 0.305 e. The second kappa shape index (κ2) is 14.8. The monoisotopic (exact) mass is 811 g/mol. The smallest absolute Gasteiger partial charge is 0.0795 e. The van der Waals surface area contributed by atoms with Crippen LogP contribution in [0.3, 0.4) is 0 Å². The van der Waals surface area contributed by atoms with Crippen LogP contribution >= 0.6 is 11.3 Å². The Morgan fingerprint density at radius 2 is 1.54 bits per heavy atom. The third-order valence-corrected chi connectivity index (χ3v) is 11.1. The van der Waals surface area contributed by atoms with Crippen LogP contribution in [-0.4, -0.2) is 18.0 Å². The second-order valence-electron chi connectivity index (χ2n) is 12.9. The second-order valence-corrected chi connectivity index (χ2v) is 19.0. The van der Waals surface area contributed by atoms with E-state index in [2.05, 4.69) is 136 Å². The Morgan fingerprint density at radius 3 is 2.24 bits per heavy atom. The van der Waals surface area contributed by atoms with E-state index in [0.29, 0.717) is 5.92 Å². The first-order valence-electron chi connectivity index (χ1n) is 15.6. The van der Waals surface area contributed by atoms with Gasteiger partial charge in [0.05, 0.1) is 8.07 Å². The topological polar surface area (TPSA) is 25.8 Å². The fraction of sp³-hybridized carbons (Fsp3) is 0.171. The minimum absolute atomic E-state index is 0. The van der Waals surface area contributed by atoms with Gasteiger partial charge in [-0.1, -0.05) is 122 Å². The van der Waals surface area contributed by atoms with Crippen LogP contribution < -0.4 is 5.19 Å². The number of rotatable bonds is 6. The summed E-state index contributed by atoms with van der Waals surface area (Å²) in [5, 5.41) is 4.01. The average Bonchev–Trinajstić information content (AvgIpc) is 3.45. The summed E-state index contributed by atoms with van der Waals surface area (Å²) in [7, 11) is -1.23. The van der Waals surface area contributed by atoms with Crippen LogP contribution in [0.1, 0.15) is 19.4 Å². The molecule has 1 radical (unpaired) electrons. The van der Waals surface area contributed by atoms with Crippen molar-refractivity contribution in [2.24, 2.45) is 5.92 Å². The van der Waals surface area contributed by atoms with Gasteiger partial charge < -0.3 is 9.97 Å². The summed E-state index contributed by atoms with van der Waals surface area (Å²) in [5.41, 5.74) is 7.98. The molecule has 3 heterocycles. The third-order valence-electron chi connectivity index (χ3n) is 7.88. The summed E-state index contributed by atoms with van der Waals surface area (Å²) < 4.78 is 2.57. The number of benzene rings is 4. The summed E-state index contributed by atoms with van der Waals surface area (Å²) in [6, 6.07) is 44.8. The van der Waals surface area contributed by atoms with Crippen LogP contribution in [0.15, 0.2) is 122 Å². The van der Waals surface area contributed by atoms with Gasteiger partial charge in [0.2, 0.25) is 0 Å². The Labute approximate surface area is 292 Å². The van der Waals surface area contributed by atoms with Gasteiger partial charge in [-0.05, 0) is 51.1 Å². The Balaban J connectivity index is 0.000000209. The number of thiophene rings is 1. The molecule has 0 amide bonds. The molecule has 0 atom stereocenters. The van der Waals surface area contributed by atoms with Crippen molar-refractivity contribution in [3.63, 3.8) is 0 Å². The van der Waals surface area contributed by atoms with Crippen LogP contribution in [0.25, 0.3) is 53.8 Å². The van der Waals surface area contributed by atoms with E-state index in [4.69, 9.17) is 4.98 Å². The van der Waals surface area contributed by atoms with Crippen molar-refractivity contribution in [3.8, 4) is 33.6 Å². The standard InChI is InChI=1S/C27H22NS.C14H16NSi.Ir/c1-18(2)16-19-14-15-28-24(17-19)22-13-12-21(20-8-4-3-5-9-20)26-23-10-6-7-11-25(23)29-27(22)26;1-16(2,3)13-9-10-14(15-11-13)12-7-5-4-6-8-12;/h3-12,14-15,17-18H,16H2,1-2H3;4-7,9-11H,1-3H3;/q2*-1;. The van der Waals surface area contributed by atoms with Crippen molar-refractivity contribution in [3.05, 3.63) is 139 Å². The number of nitrogens with zero attached hydrogens (tertiary/aromatic N) is 2. The van der Waals surface area contributed by atoms with Crippen molar-refractivity contribution in [1.82, 2.24) is 9.97 Å². The predicted molar refractivity (Wildman–Crippen MR) is 197 cm³/mol. The molecule has 0 fully saturated rings. The molecule has 0 bridgehead atoms. The van der Waals surface area contributed by atoms with Gasteiger partial charge in [-0.15, -0.1) is 53.6 Å². The van der Waals surface area contributed by atoms with Gasteiger partial charge in [0.25, 0.3) is 0 Å². The van der Waals surface area contributed by atoms with Crippen LogP contribution in [0.5, 0.6) is 0 Å². The zero-order chi connectivity index (χ0) is 31.4. The number of aromatic nitrogens is 2. The van der Waals surface area contributed by atoms with Gasteiger partial charge in [0.1, 0.15) is 0 Å². The predicted octanol–water partition coefficient (Wildman–Crippen LogP) is 10.9. The molecule has 7 rings (SSSR count). The normalized spacial score (nSPS) is 11.3.